The van der Waals surface area contributed by atoms with Crippen LogP contribution in [0, 0.1) is 5.92 Å². The van der Waals surface area contributed by atoms with Gasteiger partial charge in [-0.15, -0.1) is 0 Å². The van der Waals surface area contributed by atoms with Gasteiger partial charge in [0.2, 0.25) is 5.91 Å². The summed E-state index contributed by atoms with van der Waals surface area (Å²) in [4.78, 5) is 25.5. The molecule has 1 saturated heterocycles. The van der Waals surface area contributed by atoms with E-state index in [1.165, 1.54) is 0 Å². The summed E-state index contributed by atoms with van der Waals surface area (Å²) in [7, 11) is 3.27. The Hall–Kier alpha value is -3.10. The normalized spacial score (nSPS) is 14.7. The van der Waals surface area contributed by atoms with E-state index in [2.05, 4.69) is 19.2 Å². The molecule has 1 aliphatic heterocycles. The van der Waals surface area contributed by atoms with Gasteiger partial charge in [-0.1, -0.05) is 18.2 Å². The minimum atomic E-state index is -0.379. The number of rotatable bonds is 11. The number of amides is 2. The van der Waals surface area contributed by atoms with Crippen molar-refractivity contribution in [1.29, 1.82) is 0 Å². The molecular weight excluding hydrogens is 446 g/mol. The van der Waals surface area contributed by atoms with E-state index < -0.39 is 0 Å². The van der Waals surface area contributed by atoms with E-state index in [-0.39, 0.29) is 17.9 Å². The van der Waals surface area contributed by atoms with Gasteiger partial charge >= 0.3 is 0 Å². The summed E-state index contributed by atoms with van der Waals surface area (Å²) in [5.41, 5.74) is 6.16. The zero-order valence-electron chi connectivity index (χ0n) is 21.3. The molecule has 0 radical (unpaired) electrons. The van der Waals surface area contributed by atoms with Gasteiger partial charge in [-0.25, -0.2) is 0 Å². The monoisotopic (exact) mass is 485 g/mol. The van der Waals surface area contributed by atoms with Gasteiger partial charge in [0.25, 0.3) is 5.91 Å². The van der Waals surface area contributed by atoms with Crippen LogP contribution in [0.25, 0.3) is 0 Å². The Balaban J connectivity index is 0.000000402. The van der Waals surface area contributed by atoms with Gasteiger partial charge < -0.3 is 30.2 Å². The summed E-state index contributed by atoms with van der Waals surface area (Å²) in [5, 5.41) is 3.37. The van der Waals surface area contributed by atoms with Crippen LogP contribution >= 0.6 is 0 Å². The van der Waals surface area contributed by atoms with Crippen LogP contribution in [0.4, 0.5) is 0 Å². The smallest absolute Gasteiger partial charge is 0.254 e. The number of nitrogens with one attached hydrogen (secondary N) is 1. The maximum Gasteiger partial charge on any atom is 0.254 e. The van der Waals surface area contributed by atoms with Crippen LogP contribution in [0.2, 0.25) is 0 Å². The predicted octanol–water partition coefficient (Wildman–Crippen LogP) is 3.36. The largest absolute Gasteiger partial charge is 0.493 e. The third-order valence-corrected chi connectivity index (χ3v) is 5.72. The van der Waals surface area contributed by atoms with Crippen LogP contribution in [0.5, 0.6) is 11.5 Å². The first kappa shape index (κ1) is 28.1. The van der Waals surface area contributed by atoms with Gasteiger partial charge in [0.15, 0.2) is 11.5 Å². The van der Waals surface area contributed by atoms with Crippen molar-refractivity contribution in [3.8, 4) is 11.5 Å². The van der Waals surface area contributed by atoms with E-state index in [0.717, 1.165) is 32.5 Å². The number of methoxy groups -OCH3 is 2. The second kappa shape index (κ2) is 15.0. The van der Waals surface area contributed by atoms with Crippen LogP contribution in [0.15, 0.2) is 48.5 Å². The molecule has 8 heteroatoms. The molecule has 2 aromatic rings. The van der Waals surface area contributed by atoms with Gasteiger partial charge in [-0.3, -0.25) is 9.59 Å². The number of primary amides is 1. The van der Waals surface area contributed by atoms with Crippen molar-refractivity contribution in [2.24, 2.45) is 11.7 Å². The minimum Gasteiger partial charge on any atom is -0.493 e. The summed E-state index contributed by atoms with van der Waals surface area (Å²) in [6, 6.07) is 14.3. The van der Waals surface area contributed by atoms with Crippen molar-refractivity contribution in [1.82, 2.24) is 10.2 Å². The summed E-state index contributed by atoms with van der Waals surface area (Å²) in [5.74, 6) is 1.41. The van der Waals surface area contributed by atoms with E-state index in [0.29, 0.717) is 41.8 Å². The molecule has 3 N–H and O–H groups in total. The molecule has 0 bridgehead atoms. The minimum absolute atomic E-state index is 0.0382. The Morgan fingerprint density at radius 1 is 1.06 bits per heavy atom. The van der Waals surface area contributed by atoms with Crippen LogP contribution in [-0.4, -0.2) is 69.8 Å². The fraction of sp³-hybridized carbons (Fsp3) is 0.481. The van der Waals surface area contributed by atoms with Crippen molar-refractivity contribution in [2.75, 3.05) is 47.1 Å². The Labute approximate surface area is 208 Å². The number of carbonyl (C=O) groups is 2. The highest BCUT2D eigenvalue weighted by molar-refractivity contribution is 5.95. The topological polar surface area (TPSA) is 103 Å². The lowest BCUT2D eigenvalue weighted by atomic mass is 10.1. The standard InChI is InChI=1S/C20H32N2O4.C7H7NO/c1-15(2)22(14-16-8-9-21-13-16)20(23)17-6-7-18(25-4)19(12-17)26-11-5-10-24-3;8-7(9)6-4-2-1-3-5-6/h6-7,12,15-16,21H,5,8-11,13-14H2,1-4H3;1-5H,(H2,8,9). The fourth-order valence-corrected chi connectivity index (χ4v) is 3.75. The van der Waals surface area contributed by atoms with Gasteiger partial charge in [0, 0.05) is 43.9 Å². The van der Waals surface area contributed by atoms with E-state index in [9.17, 15) is 9.59 Å². The highest BCUT2D eigenvalue weighted by Gasteiger charge is 2.25. The number of hydrogen-bond acceptors (Lipinski definition) is 6. The van der Waals surface area contributed by atoms with Crippen LogP contribution in [-0.2, 0) is 4.74 Å². The Bertz CT molecular complexity index is 914. The first-order chi connectivity index (χ1) is 16.9. The third kappa shape index (κ3) is 9.22. The fourth-order valence-electron chi connectivity index (χ4n) is 3.75. The molecule has 1 unspecified atom stereocenters. The molecule has 1 aliphatic rings. The zero-order chi connectivity index (χ0) is 25.6. The number of nitrogens with zero attached hydrogens (tertiary/aromatic N) is 1. The van der Waals surface area contributed by atoms with Crippen molar-refractivity contribution < 1.29 is 23.8 Å². The molecule has 35 heavy (non-hydrogen) atoms. The summed E-state index contributed by atoms with van der Waals surface area (Å²) < 4.78 is 16.2. The van der Waals surface area contributed by atoms with Gasteiger partial charge in [-0.05, 0) is 69.6 Å². The molecule has 0 aromatic heterocycles. The summed E-state index contributed by atoms with van der Waals surface area (Å²) in [6.45, 7) is 8.07. The van der Waals surface area contributed by atoms with Gasteiger partial charge in [0.05, 0.1) is 13.7 Å². The average Bonchev–Trinajstić information content (AvgIpc) is 3.39. The highest BCUT2D eigenvalue weighted by Crippen LogP contribution is 2.29. The van der Waals surface area contributed by atoms with E-state index in [4.69, 9.17) is 19.9 Å². The first-order valence-electron chi connectivity index (χ1n) is 12.0. The molecule has 8 nitrogen and oxygen atoms in total. The first-order valence-corrected chi connectivity index (χ1v) is 12.0. The van der Waals surface area contributed by atoms with Gasteiger partial charge in [-0.2, -0.15) is 0 Å². The Kier molecular flexibility index (Phi) is 12.1. The van der Waals surface area contributed by atoms with Crippen molar-refractivity contribution in [3.63, 3.8) is 0 Å². The molecule has 3 rings (SSSR count). The van der Waals surface area contributed by atoms with Crippen molar-refractivity contribution in [2.45, 2.75) is 32.7 Å². The number of ether oxygens (including phenoxy) is 3. The summed E-state index contributed by atoms with van der Waals surface area (Å²) >= 11 is 0. The van der Waals surface area contributed by atoms with Crippen molar-refractivity contribution >= 4 is 11.8 Å². The Morgan fingerprint density at radius 3 is 2.34 bits per heavy atom. The average molecular weight is 486 g/mol. The lowest BCUT2D eigenvalue weighted by Gasteiger charge is -2.29. The van der Waals surface area contributed by atoms with Gasteiger partial charge in [0.1, 0.15) is 0 Å². The van der Waals surface area contributed by atoms with E-state index in [1.807, 2.05) is 17.0 Å². The molecule has 2 amide bonds. The van der Waals surface area contributed by atoms with Crippen LogP contribution < -0.4 is 20.5 Å². The third-order valence-electron chi connectivity index (χ3n) is 5.72. The lowest BCUT2D eigenvalue weighted by molar-refractivity contribution is 0.0676. The highest BCUT2D eigenvalue weighted by atomic mass is 16.5. The van der Waals surface area contributed by atoms with E-state index in [1.54, 1.807) is 50.6 Å². The quantitative estimate of drug-likeness (QED) is 0.473. The second-order valence-electron chi connectivity index (χ2n) is 8.70. The molecule has 0 saturated carbocycles. The SMILES string of the molecule is COCCCOc1cc(C(=O)N(CC2CCNC2)C(C)C)ccc1OC.NC(=O)c1ccccc1. The van der Waals surface area contributed by atoms with Crippen molar-refractivity contribution in [3.05, 3.63) is 59.7 Å². The Morgan fingerprint density at radius 2 is 1.80 bits per heavy atom. The maximum absolute atomic E-state index is 13.1. The molecule has 2 aromatic carbocycles. The maximum atomic E-state index is 13.1. The number of nitrogens with two attached hydrogens (primary N) is 1. The van der Waals surface area contributed by atoms with Crippen LogP contribution in [0.1, 0.15) is 47.4 Å². The molecule has 1 heterocycles. The molecule has 1 atom stereocenters. The second-order valence-corrected chi connectivity index (χ2v) is 8.70. The summed E-state index contributed by atoms with van der Waals surface area (Å²) in [6.07, 6.45) is 1.90. The molecule has 192 valence electrons. The zero-order valence-corrected chi connectivity index (χ0v) is 21.3. The molecule has 1 fully saturated rings. The number of carbonyl (C=O) groups excluding carboxylic acids is 2. The number of benzene rings is 2. The molecular formula is C27H39N3O5. The van der Waals surface area contributed by atoms with E-state index >= 15 is 0 Å². The predicted molar refractivity (Wildman–Crippen MR) is 137 cm³/mol. The van der Waals surface area contributed by atoms with Crippen LogP contribution in [0.3, 0.4) is 0 Å². The molecule has 0 aliphatic carbocycles. The number of hydrogen-bond donors (Lipinski definition) is 2. The lowest BCUT2D eigenvalue weighted by Crippen LogP contribution is -2.40. The molecule has 0 spiro atoms.